The molecule has 0 aliphatic carbocycles. The van der Waals surface area contributed by atoms with Crippen LogP contribution in [0.3, 0.4) is 0 Å². The van der Waals surface area contributed by atoms with E-state index in [9.17, 15) is 0 Å². The van der Waals surface area contributed by atoms with E-state index < -0.39 is 0 Å². The molecule has 0 amide bonds. The van der Waals surface area contributed by atoms with Gasteiger partial charge in [0.05, 0.1) is 0 Å². The molecule has 0 aliphatic heterocycles. The molecule has 0 aliphatic rings. The molecule has 122 valence electrons. The zero-order chi connectivity index (χ0) is 16.7. The molecule has 1 unspecified atom stereocenters. The van der Waals surface area contributed by atoms with Crippen LogP contribution in [0.1, 0.15) is 49.6 Å². The molecule has 0 saturated carbocycles. The summed E-state index contributed by atoms with van der Waals surface area (Å²) in [5, 5.41) is 2.49. The van der Waals surface area contributed by atoms with Gasteiger partial charge in [0.25, 0.3) is 0 Å². The van der Waals surface area contributed by atoms with Crippen LogP contribution in [0.15, 0.2) is 59.0 Å². The summed E-state index contributed by atoms with van der Waals surface area (Å²) in [5.74, 6) is 1.93. The van der Waals surface area contributed by atoms with Crippen LogP contribution in [0, 0.1) is 0 Å². The molecule has 2 nitrogen and oxygen atoms in total. The lowest BCUT2D eigenvalue weighted by Gasteiger charge is -2.09. The Morgan fingerprint density at radius 3 is 2.54 bits per heavy atom. The minimum atomic E-state index is 0.422. The zero-order valence-corrected chi connectivity index (χ0v) is 14.5. The molecule has 4 rings (SSSR count). The molecule has 24 heavy (non-hydrogen) atoms. The number of para-hydroxylation sites is 1. The summed E-state index contributed by atoms with van der Waals surface area (Å²) in [5.41, 5.74) is 4.85. The topological polar surface area (TPSA) is 28.9 Å². The van der Waals surface area contributed by atoms with Gasteiger partial charge < -0.3 is 9.40 Å². The van der Waals surface area contributed by atoms with Gasteiger partial charge in [-0.05, 0) is 47.7 Å². The van der Waals surface area contributed by atoms with Crippen molar-refractivity contribution in [3.8, 4) is 0 Å². The maximum atomic E-state index is 5.91. The van der Waals surface area contributed by atoms with E-state index >= 15 is 0 Å². The molecule has 4 aromatic rings. The van der Waals surface area contributed by atoms with Crippen molar-refractivity contribution in [1.82, 2.24) is 4.98 Å². The molecule has 0 bridgehead atoms. The predicted molar refractivity (Wildman–Crippen MR) is 101 cm³/mol. The van der Waals surface area contributed by atoms with Crippen LogP contribution in [-0.4, -0.2) is 4.98 Å². The van der Waals surface area contributed by atoms with Gasteiger partial charge in [0.15, 0.2) is 0 Å². The Bertz CT molecular complexity index is 956. The van der Waals surface area contributed by atoms with Crippen molar-refractivity contribution < 1.29 is 4.42 Å². The average Bonchev–Trinajstić information content (AvgIpc) is 3.18. The molecule has 0 radical (unpaired) electrons. The Hall–Kier alpha value is -2.48. The number of aromatic amines is 1. The van der Waals surface area contributed by atoms with Crippen LogP contribution in [0.25, 0.3) is 21.9 Å². The first-order valence-electron chi connectivity index (χ1n) is 8.70. The maximum absolute atomic E-state index is 5.91. The normalized spacial score (nSPS) is 13.2. The molecule has 2 heterocycles. The molecular weight excluding hydrogens is 294 g/mol. The maximum Gasteiger partial charge on any atom is 0.134 e. The molecule has 0 fully saturated rings. The van der Waals surface area contributed by atoms with E-state index in [0.717, 1.165) is 17.8 Å². The number of fused-ring (bicyclic) bond motifs is 2. The number of furan rings is 1. The van der Waals surface area contributed by atoms with Gasteiger partial charge in [0.2, 0.25) is 0 Å². The van der Waals surface area contributed by atoms with E-state index in [4.69, 9.17) is 4.42 Å². The Labute approximate surface area is 142 Å². The second kappa shape index (κ2) is 5.86. The fraction of sp³-hybridized carbons (Fsp3) is 0.273. The standard InChI is InChI=1S/C22H23NO/c1-14(2)22-13-18-11-16(8-9-21(18)24-22)10-15(3)20-12-17-6-4-5-7-19(17)23-20/h4-9,11-15,23H,10H2,1-3H3. The van der Waals surface area contributed by atoms with Gasteiger partial charge in [-0.2, -0.15) is 0 Å². The quantitative estimate of drug-likeness (QED) is 0.464. The summed E-state index contributed by atoms with van der Waals surface area (Å²) in [4.78, 5) is 3.55. The minimum Gasteiger partial charge on any atom is -0.461 e. The lowest BCUT2D eigenvalue weighted by molar-refractivity contribution is 0.521. The van der Waals surface area contributed by atoms with Crippen LogP contribution in [-0.2, 0) is 6.42 Å². The lowest BCUT2D eigenvalue weighted by atomic mass is 9.97. The fourth-order valence-electron chi connectivity index (χ4n) is 3.35. The number of nitrogens with one attached hydrogen (secondary N) is 1. The van der Waals surface area contributed by atoms with Gasteiger partial charge >= 0.3 is 0 Å². The summed E-state index contributed by atoms with van der Waals surface area (Å²) in [6, 6.07) is 19.5. The molecular formula is C22H23NO. The number of rotatable bonds is 4. The Morgan fingerprint density at radius 2 is 1.75 bits per heavy atom. The predicted octanol–water partition coefficient (Wildman–Crippen LogP) is 6.38. The smallest absolute Gasteiger partial charge is 0.134 e. The zero-order valence-electron chi connectivity index (χ0n) is 14.5. The third-order valence-corrected chi connectivity index (χ3v) is 4.79. The van der Waals surface area contributed by atoms with Crippen molar-refractivity contribution in [3.63, 3.8) is 0 Å². The van der Waals surface area contributed by atoms with Crippen molar-refractivity contribution in [2.75, 3.05) is 0 Å². The van der Waals surface area contributed by atoms with E-state index in [0.29, 0.717) is 11.8 Å². The first kappa shape index (κ1) is 15.1. The highest BCUT2D eigenvalue weighted by Crippen LogP contribution is 2.28. The van der Waals surface area contributed by atoms with Crippen LogP contribution in [0.4, 0.5) is 0 Å². The summed E-state index contributed by atoms with van der Waals surface area (Å²) in [6.45, 7) is 6.61. The second-order valence-electron chi connectivity index (χ2n) is 7.09. The van der Waals surface area contributed by atoms with Gasteiger partial charge in [-0.3, -0.25) is 0 Å². The van der Waals surface area contributed by atoms with Gasteiger partial charge in [-0.25, -0.2) is 0 Å². The number of hydrogen-bond donors (Lipinski definition) is 1. The number of hydrogen-bond acceptors (Lipinski definition) is 1. The third-order valence-electron chi connectivity index (χ3n) is 4.79. The van der Waals surface area contributed by atoms with E-state index in [1.54, 1.807) is 0 Å². The Balaban J connectivity index is 1.60. The minimum absolute atomic E-state index is 0.422. The van der Waals surface area contributed by atoms with Crippen molar-refractivity contribution in [2.45, 2.75) is 39.0 Å². The molecule has 2 aromatic carbocycles. The largest absolute Gasteiger partial charge is 0.461 e. The van der Waals surface area contributed by atoms with Crippen molar-refractivity contribution in [2.24, 2.45) is 0 Å². The summed E-state index contributed by atoms with van der Waals surface area (Å²) < 4.78 is 5.91. The van der Waals surface area contributed by atoms with Crippen molar-refractivity contribution in [1.29, 1.82) is 0 Å². The highest BCUT2D eigenvalue weighted by atomic mass is 16.3. The van der Waals surface area contributed by atoms with Crippen LogP contribution in [0.5, 0.6) is 0 Å². The molecule has 1 N–H and O–H groups in total. The van der Waals surface area contributed by atoms with Gasteiger partial charge in [-0.15, -0.1) is 0 Å². The molecule has 2 heteroatoms. The van der Waals surface area contributed by atoms with Crippen LogP contribution < -0.4 is 0 Å². The van der Waals surface area contributed by atoms with Crippen molar-refractivity contribution >= 4 is 21.9 Å². The van der Waals surface area contributed by atoms with Crippen molar-refractivity contribution in [3.05, 3.63) is 71.6 Å². The molecule has 0 spiro atoms. The highest BCUT2D eigenvalue weighted by Gasteiger charge is 2.12. The van der Waals surface area contributed by atoms with Gasteiger partial charge in [-0.1, -0.05) is 45.0 Å². The number of aromatic nitrogens is 1. The highest BCUT2D eigenvalue weighted by molar-refractivity contribution is 5.80. The summed E-state index contributed by atoms with van der Waals surface area (Å²) in [7, 11) is 0. The van der Waals surface area contributed by atoms with Gasteiger partial charge in [0.1, 0.15) is 11.3 Å². The monoisotopic (exact) mass is 317 g/mol. The van der Waals surface area contributed by atoms with Gasteiger partial charge in [0, 0.05) is 28.4 Å². The van der Waals surface area contributed by atoms with Crippen LogP contribution in [0.2, 0.25) is 0 Å². The van der Waals surface area contributed by atoms with E-state index in [2.05, 4.69) is 80.4 Å². The third kappa shape index (κ3) is 2.73. The summed E-state index contributed by atoms with van der Waals surface area (Å²) in [6.07, 6.45) is 1.02. The number of H-pyrrole nitrogens is 1. The van der Waals surface area contributed by atoms with E-state index in [1.165, 1.54) is 27.5 Å². The Kier molecular flexibility index (Phi) is 3.68. The van der Waals surface area contributed by atoms with E-state index in [1.807, 2.05) is 0 Å². The SMILES string of the molecule is CC(C)c1cc2cc(CC(C)c3cc4ccccc4[nH]3)ccc2o1. The summed E-state index contributed by atoms with van der Waals surface area (Å²) >= 11 is 0. The second-order valence-corrected chi connectivity index (χ2v) is 7.09. The lowest BCUT2D eigenvalue weighted by Crippen LogP contribution is -1.98. The number of benzene rings is 2. The first-order chi connectivity index (χ1) is 11.6. The fourth-order valence-corrected chi connectivity index (χ4v) is 3.35. The molecule has 0 saturated heterocycles. The van der Waals surface area contributed by atoms with Crippen LogP contribution >= 0.6 is 0 Å². The first-order valence-corrected chi connectivity index (χ1v) is 8.70. The van der Waals surface area contributed by atoms with E-state index in [-0.39, 0.29) is 0 Å². The Morgan fingerprint density at radius 1 is 0.917 bits per heavy atom. The molecule has 2 aromatic heterocycles. The molecule has 1 atom stereocenters. The average molecular weight is 317 g/mol.